The highest BCUT2D eigenvalue weighted by molar-refractivity contribution is 5.86. The van der Waals surface area contributed by atoms with Crippen LogP contribution in [-0.4, -0.2) is 17.2 Å². The second-order valence-corrected chi connectivity index (χ2v) is 4.29. The summed E-state index contributed by atoms with van der Waals surface area (Å²) in [6.07, 6.45) is 0. The van der Waals surface area contributed by atoms with Gasteiger partial charge in [-0.05, 0) is 29.8 Å². The number of methoxy groups -OCH3 is 1. The molecule has 1 aromatic heterocycles. The molecule has 19 heavy (non-hydrogen) atoms. The number of benzene rings is 2. The van der Waals surface area contributed by atoms with Crippen LogP contribution in [0.1, 0.15) is 0 Å². The van der Waals surface area contributed by atoms with Crippen molar-refractivity contribution in [3.8, 4) is 22.8 Å². The Morgan fingerprint density at radius 2 is 1.84 bits per heavy atom. The number of hydrogen-bond acceptors (Lipinski definition) is 3. The van der Waals surface area contributed by atoms with E-state index in [4.69, 9.17) is 4.74 Å². The summed E-state index contributed by atoms with van der Waals surface area (Å²) < 4.78 is 5.35. The van der Waals surface area contributed by atoms with Crippen molar-refractivity contribution in [2.45, 2.75) is 0 Å². The topological polar surface area (TPSA) is 42.4 Å². The number of para-hydroxylation sites is 1. The Bertz CT molecular complexity index is 738. The Balaban J connectivity index is 2.27. The SMILES string of the molecule is COc1nc2ccccc2cc1-c1cccc(O)c1. The van der Waals surface area contributed by atoms with Crippen LogP contribution in [0, 0.1) is 0 Å². The molecule has 3 heteroatoms. The van der Waals surface area contributed by atoms with E-state index < -0.39 is 0 Å². The Morgan fingerprint density at radius 1 is 1.00 bits per heavy atom. The lowest BCUT2D eigenvalue weighted by molar-refractivity contribution is 0.401. The van der Waals surface area contributed by atoms with Gasteiger partial charge in [-0.25, -0.2) is 4.98 Å². The van der Waals surface area contributed by atoms with Gasteiger partial charge < -0.3 is 9.84 Å². The lowest BCUT2D eigenvalue weighted by Gasteiger charge is -2.09. The highest BCUT2D eigenvalue weighted by Crippen LogP contribution is 2.32. The number of ether oxygens (including phenoxy) is 1. The average Bonchev–Trinajstić information content (AvgIpc) is 2.46. The average molecular weight is 251 g/mol. The molecule has 1 N–H and O–H groups in total. The number of pyridine rings is 1. The van der Waals surface area contributed by atoms with Crippen molar-refractivity contribution in [2.24, 2.45) is 0 Å². The second kappa shape index (κ2) is 4.61. The molecule has 0 aliphatic rings. The zero-order valence-electron chi connectivity index (χ0n) is 10.5. The number of rotatable bonds is 2. The van der Waals surface area contributed by atoms with Gasteiger partial charge >= 0.3 is 0 Å². The predicted octanol–water partition coefficient (Wildman–Crippen LogP) is 3.62. The van der Waals surface area contributed by atoms with Crippen LogP contribution in [0.15, 0.2) is 54.6 Å². The van der Waals surface area contributed by atoms with Gasteiger partial charge in [0.1, 0.15) is 5.75 Å². The molecule has 0 aliphatic heterocycles. The van der Waals surface area contributed by atoms with Gasteiger partial charge in [-0.3, -0.25) is 0 Å². The minimum absolute atomic E-state index is 0.229. The van der Waals surface area contributed by atoms with Gasteiger partial charge in [-0.15, -0.1) is 0 Å². The van der Waals surface area contributed by atoms with Crippen molar-refractivity contribution < 1.29 is 9.84 Å². The molecule has 0 fully saturated rings. The van der Waals surface area contributed by atoms with E-state index in [2.05, 4.69) is 4.98 Å². The molecule has 0 aliphatic carbocycles. The van der Waals surface area contributed by atoms with Crippen LogP contribution < -0.4 is 4.74 Å². The third-order valence-electron chi connectivity index (χ3n) is 3.04. The van der Waals surface area contributed by atoms with Crippen LogP contribution in [0.5, 0.6) is 11.6 Å². The van der Waals surface area contributed by atoms with Gasteiger partial charge in [0.25, 0.3) is 0 Å². The molecule has 1 heterocycles. The molecule has 0 radical (unpaired) electrons. The van der Waals surface area contributed by atoms with Gasteiger partial charge in [0, 0.05) is 10.9 Å². The van der Waals surface area contributed by atoms with Crippen molar-refractivity contribution >= 4 is 10.9 Å². The largest absolute Gasteiger partial charge is 0.508 e. The number of hydrogen-bond donors (Lipinski definition) is 1. The highest BCUT2D eigenvalue weighted by atomic mass is 16.5. The van der Waals surface area contributed by atoms with Crippen LogP contribution >= 0.6 is 0 Å². The number of fused-ring (bicyclic) bond motifs is 1. The Kier molecular flexibility index (Phi) is 2.80. The molecule has 0 saturated carbocycles. The monoisotopic (exact) mass is 251 g/mol. The minimum Gasteiger partial charge on any atom is -0.508 e. The Hall–Kier alpha value is -2.55. The maximum atomic E-state index is 9.59. The molecule has 0 bridgehead atoms. The van der Waals surface area contributed by atoms with Gasteiger partial charge in [0.15, 0.2) is 0 Å². The zero-order valence-corrected chi connectivity index (χ0v) is 10.5. The molecule has 0 unspecified atom stereocenters. The minimum atomic E-state index is 0.229. The molecule has 3 rings (SSSR count). The lowest BCUT2D eigenvalue weighted by atomic mass is 10.0. The van der Waals surface area contributed by atoms with Crippen LogP contribution in [-0.2, 0) is 0 Å². The van der Waals surface area contributed by atoms with Crippen LogP contribution in [0.3, 0.4) is 0 Å². The van der Waals surface area contributed by atoms with Gasteiger partial charge in [-0.1, -0.05) is 30.3 Å². The van der Waals surface area contributed by atoms with Crippen LogP contribution in [0.25, 0.3) is 22.0 Å². The summed E-state index contributed by atoms with van der Waals surface area (Å²) in [7, 11) is 1.60. The first kappa shape index (κ1) is 11.5. The predicted molar refractivity (Wildman–Crippen MR) is 75.4 cm³/mol. The summed E-state index contributed by atoms with van der Waals surface area (Å²) in [6.45, 7) is 0. The summed E-state index contributed by atoms with van der Waals surface area (Å²) in [6, 6.07) is 17.0. The van der Waals surface area contributed by atoms with E-state index in [9.17, 15) is 5.11 Å². The third-order valence-corrected chi connectivity index (χ3v) is 3.04. The van der Waals surface area contributed by atoms with Crippen LogP contribution in [0.4, 0.5) is 0 Å². The normalized spacial score (nSPS) is 10.6. The van der Waals surface area contributed by atoms with Crippen molar-refractivity contribution in [2.75, 3.05) is 7.11 Å². The fraction of sp³-hybridized carbons (Fsp3) is 0.0625. The number of aromatic hydroxyl groups is 1. The summed E-state index contributed by atoms with van der Waals surface area (Å²) in [4.78, 5) is 4.50. The smallest absolute Gasteiger partial charge is 0.221 e. The summed E-state index contributed by atoms with van der Waals surface area (Å²) in [5.74, 6) is 0.789. The standard InChI is InChI=1S/C16H13NO2/c1-19-16-14(11-6-4-7-13(18)9-11)10-12-5-2-3-8-15(12)17-16/h2-10,18H,1H3. The molecular formula is C16H13NO2. The Labute approximate surface area is 111 Å². The fourth-order valence-corrected chi connectivity index (χ4v) is 2.13. The van der Waals surface area contributed by atoms with E-state index in [1.165, 1.54) is 0 Å². The fourth-order valence-electron chi connectivity index (χ4n) is 2.13. The van der Waals surface area contributed by atoms with Gasteiger partial charge in [-0.2, -0.15) is 0 Å². The number of phenols is 1. The molecule has 0 amide bonds. The third kappa shape index (κ3) is 2.10. The van der Waals surface area contributed by atoms with Crippen molar-refractivity contribution in [1.29, 1.82) is 0 Å². The molecule has 3 nitrogen and oxygen atoms in total. The van der Waals surface area contributed by atoms with E-state index in [0.717, 1.165) is 22.0 Å². The molecule has 2 aromatic carbocycles. The lowest BCUT2D eigenvalue weighted by Crippen LogP contribution is -1.92. The van der Waals surface area contributed by atoms with Crippen LogP contribution in [0.2, 0.25) is 0 Å². The molecule has 0 spiro atoms. The molecule has 3 aromatic rings. The maximum absolute atomic E-state index is 9.59. The van der Waals surface area contributed by atoms with Gasteiger partial charge in [0.2, 0.25) is 5.88 Å². The first-order valence-electron chi connectivity index (χ1n) is 6.01. The molecular weight excluding hydrogens is 238 g/mol. The van der Waals surface area contributed by atoms with Crippen molar-refractivity contribution in [3.05, 3.63) is 54.6 Å². The number of phenolic OH excluding ortho intramolecular Hbond substituents is 1. The highest BCUT2D eigenvalue weighted by Gasteiger charge is 2.09. The van der Waals surface area contributed by atoms with Crippen molar-refractivity contribution in [1.82, 2.24) is 4.98 Å². The second-order valence-electron chi connectivity index (χ2n) is 4.29. The van der Waals surface area contributed by atoms with E-state index in [-0.39, 0.29) is 5.75 Å². The van der Waals surface area contributed by atoms with E-state index in [1.807, 2.05) is 36.4 Å². The summed E-state index contributed by atoms with van der Waals surface area (Å²) >= 11 is 0. The van der Waals surface area contributed by atoms with Crippen molar-refractivity contribution in [3.63, 3.8) is 0 Å². The number of aromatic nitrogens is 1. The zero-order chi connectivity index (χ0) is 13.2. The molecule has 0 saturated heterocycles. The first-order chi connectivity index (χ1) is 9.28. The maximum Gasteiger partial charge on any atom is 0.221 e. The molecule has 0 atom stereocenters. The van der Waals surface area contributed by atoms with Gasteiger partial charge in [0.05, 0.1) is 12.6 Å². The van der Waals surface area contributed by atoms with E-state index >= 15 is 0 Å². The first-order valence-corrected chi connectivity index (χ1v) is 6.01. The van der Waals surface area contributed by atoms with E-state index in [1.54, 1.807) is 25.3 Å². The number of nitrogens with zero attached hydrogens (tertiary/aromatic N) is 1. The quantitative estimate of drug-likeness (QED) is 0.756. The molecule has 94 valence electrons. The summed E-state index contributed by atoms with van der Waals surface area (Å²) in [5.41, 5.74) is 2.65. The summed E-state index contributed by atoms with van der Waals surface area (Å²) in [5, 5.41) is 10.6. The van der Waals surface area contributed by atoms with E-state index in [0.29, 0.717) is 5.88 Å². The Morgan fingerprint density at radius 3 is 2.63 bits per heavy atom.